The van der Waals surface area contributed by atoms with Crippen molar-refractivity contribution in [1.82, 2.24) is 4.24 Å². The minimum atomic E-state index is -4.01. The van der Waals surface area contributed by atoms with Gasteiger partial charge in [0.25, 0.3) is 10.0 Å². The van der Waals surface area contributed by atoms with Crippen LogP contribution >= 0.6 is 11.8 Å². The van der Waals surface area contributed by atoms with Gasteiger partial charge in [0.15, 0.2) is 4.90 Å². The van der Waals surface area contributed by atoms with E-state index in [4.69, 9.17) is 16.2 Å². The van der Waals surface area contributed by atoms with Crippen molar-refractivity contribution in [2.75, 3.05) is 0 Å². The molecule has 1 aromatic heterocycles. The molecule has 0 saturated heterocycles. The van der Waals surface area contributed by atoms with Crippen LogP contribution in [0.3, 0.4) is 0 Å². The summed E-state index contributed by atoms with van der Waals surface area (Å²) in [6.45, 7) is 0. The van der Waals surface area contributed by atoms with Gasteiger partial charge in [-0.1, -0.05) is 18.2 Å². The Balaban J connectivity index is 2.83. The van der Waals surface area contributed by atoms with Crippen LogP contribution in [0.15, 0.2) is 44.4 Å². The average Bonchev–Trinajstić information content (AvgIpc) is 2.28. The zero-order valence-electron chi connectivity index (χ0n) is 7.81. The second-order valence-corrected chi connectivity index (χ2v) is 5.08. The Labute approximate surface area is 95.8 Å². The molecule has 0 saturated carbocycles. The summed E-state index contributed by atoms with van der Waals surface area (Å²) < 4.78 is 29.1. The third-order valence-electron chi connectivity index (χ3n) is 2.00. The summed E-state index contributed by atoms with van der Waals surface area (Å²) in [5.74, 6) is 0. The Hall–Kier alpha value is -1.37. The average molecular weight is 260 g/mol. The van der Waals surface area contributed by atoms with Gasteiger partial charge in [0.1, 0.15) is 5.58 Å². The van der Waals surface area contributed by atoms with Crippen LogP contribution < -0.4 is 9.87 Å². The van der Waals surface area contributed by atoms with E-state index in [1.54, 1.807) is 28.5 Å². The summed E-state index contributed by atoms with van der Waals surface area (Å²) >= 11 is 5.03. The van der Waals surface area contributed by atoms with Crippen molar-refractivity contribution in [3.05, 3.63) is 40.8 Å². The summed E-state index contributed by atoms with van der Waals surface area (Å²) in [6.07, 6.45) is 0. The van der Waals surface area contributed by atoms with Crippen LogP contribution in [-0.2, 0) is 10.0 Å². The lowest BCUT2D eigenvalue weighted by Crippen LogP contribution is -2.21. The number of fused-ring (bicyclic) bond motifs is 1. The highest BCUT2D eigenvalue weighted by atomic mass is 35.5. The maximum Gasteiger partial charge on any atom is 0.356 e. The fourth-order valence-corrected chi connectivity index (χ4v) is 2.15. The number of benzene rings is 1. The molecular formula is C9H6ClNO4S. The van der Waals surface area contributed by atoms with E-state index in [9.17, 15) is 13.2 Å². The van der Waals surface area contributed by atoms with Crippen molar-refractivity contribution in [1.29, 1.82) is 0 Å². The minimum absolute atomic E-state index is 0.320. The van der Waals surface area contributed by atoms with Crippen molar-refractivity contribution >= 4 is 32.8 Å². The number of para-hydroxylation sites is 1. The normalized spacial score (nSPS) is 11.8. The molecule has 1 N–H and O–H groups in total. The van der Waals surface area contributed by atoms with Crippen LogP contribution in [0.2, 0.25) is 0 Å². The molecule has 2 aromatic rings. The lowest BCUT2D eigenvalue weighted by molar-refractivity contribution is 0.532. The zero-order chi connectivity index (χ0) is 11.8. The van der Waals surface area contributed by atoms with Crippen molar-refractivity contribution in [3.63, 3.8) is 0 Å². The summed E-state index contributed by atoms with van der Waals surface area (Å²) in [5.41, 5.74) is -0.632. The van der Waals surface area contributed by atoms with Gasteiger partial charge in [0.2, 0.25) is 0 Å². The van der Waals surface area contributed by atoms with E-state index in [0.29, 0.717) is 11.0 Å². The van der Waals surface area contributed by atoms with Crippen LogP contribution in [0.4, 0.5) is 0 Å². The van der Waals surface area contributed by atoms with Gasteiger partial charge in [-0.25, -0.2) is 13.2 Å². The van der Waals surface area contributed by atoms with Crippen LogP contribution in [0.25, 0.3) is 11.0 Å². The highest BCUT2D eigenvalue weighted by Gasteiger charge is 2.19. The highest BCUT2D eigenvalue weighted by molar-refractivity contribution is 7.90. The third kappa shape index (κ3) is 1.82. The quantitative estimate of drug-likeness (QED) is 0.650. The minimum Gasteiger partial charge on any atom is -0.422 e. The van der Waals surface area contributed by atoms with E-state index in [1.165, 1.54) is 6.07 Å². The fraction of sp³-hybridized carbons (Fsp3) is 0. The van der Waals surface area contributed by atoms with Crippen LogP contribution in [0.1, 0.15) is 0 Å². The number of rotatable bonds is 2. The highest BCUT2D eigenvalue weighted by Crippen LogP contribution is 2.15. The Morgan fingerprint density at radius 2 is 1.94 bits per heavy atom. The van der Waals surface area contributed by atoms with Gasteiger partial charge in [0.05, 0.1) is 0 Å². The smallest absolute Gasteiger partial charge is 0.356 e. The van der Waals surface area contributed by atoms with E-state index >= 15 is 0 Å². The van der Waals surface area contributed by atoms with Crippen molar-refractivity contribution < 1.29 is 12.8 Å². The maximum atomic E-state index is 11.4. The first-order valence-corrected chi connectivity index (χ1v) is 6.06. The molecule has 0 amide bonds. The Kier molecular flexibility index (Phi) is 2.71. The van der Waals surface area contributed by atoms with E-state index in [0.717, 1.165) is 0 Å². The molecule has 0 unspecified atom stereocenters. The number of sulfonamides is 1. The van der Waals surface area contributed by atoms with Crippen molar-refractivity contribution in [2.45, 2.75) is 4.90 Å². The van der Waals surface area contributed by atoms with Crippen molar-refractivity contribution in [3.8, 4) is 0 Å². The molecule has 1 heterocycles. The molecule has 0 aliphatic rings. The molecule has 7 heteroatoms. The topological polar surface area (TPSA) is 76.4 Å². The van der Waals surface area contributed by atoms with Gasteiger partial charge in [-0.15, -0.1) is 4.24 Å². The first-order valence-electron chi connectivity index (χ1n) is 4.20. The van der Waals surface area contributed by atoms with E-state index in [-0.39, 0.29) is 0 Å². The third-order valence-corrected chi connectivity index (χ3v) is 3.68. The van der Waals surface area contributed by atoms with Gasteiger partial charge < -0.3 is 4.42 Å². The molecule has 2 rings (SSSR count). The summed E-state index contributed by atoms with van der Waals surface area (Å²) in [6, 6.07) is 7.80. The first kappa shape index (κ1) is 11.1. The monoisotopic (exact) mass is 259 g/mol. The lowest BCUT2D eigenvalue weighted by Gasteiger charge is -2.00. The largest absolute Gasteiger partial charge is 0.422 e. The first-order chi connectivity index (χ1) is 7.54. The molecule has 0 atom stereocenters. The molecule has 0 bridgehead atoms. The standard InChI is InChI=1S/C9H6ClNO4S/c10-11-16(13,14)8-5-6-3-1-2-4-7(6)15-9(8)12/h1-5,11H. The Bertz CT molecular complexity index is 692. The molecular weight excluding hydrogens is 254 g/mol. The predicted octanol–water partition coefficient (Wildman–Crippen LogP) is 1.23. The SMILES string of the molecule is O=c1oc2ccccc2cc1S(=O)(=O)NCl. The second-order valence-electron chi connectivity index (χ2n) is 3.02. The molecule has 5 nitrogen and oxygen atoms in total. The van der Waals surface area contributed by atoms with Gasteiger partial charge in [-0.3, -0.25) is 0 Å². The van der Waals surface area contributed by atoms with Crippen molar-refractivity contribution in [2.24, 2.45) is 0 Å². The Morgan fingerprint density at radius 1 is 1.25 bits per heavy atom. The van der Waals surface area contributed by atoms with Crippen LogP contribution in [0.5, 0.6) is 0 Å². The number of hydrogen-bond donors (Lipinski definition) is 1. The van der Waals surface area contributed by atoms with E-state index in [1.807, 2.05) is 0 Å². The summed E-state index contributed by atoms with van der Waals surface area (Å²) in [7, 11) is -4.01. The molecule has 1 aromatic carbocycles. The van der Waals surface area contributed by atoms with Gasteiger partial charge >= 0.3 is 5.63 Å². The Morgan fingerprint density at radius 3 is 2.62 bits per heavy atom. The summed E-state index contributed by atoms with van der Waals surface area (Å²) in [5, 5.41) is 0.507. The molecule has 84 valence electrons. The van der Waals surface area contributed by atoms with E-state index in [2.05, 4.69) is 0 Å². The van der Waals surface area contributed by atoms with Crippen LogP contribution in [0, 0.1) is 0 Å². The number of nitrogens with one attached hydrogen (secondary N) is 1. The number of halogens is 1. The van der Waals surface area contributed by atoms with E-state index < -0.39 is 20.5 Å². The second kappa shape index (κ2) is 3.89. The van der Waals surface area contributed by atoms with Gasteiger partial charge in [-0.05, 0) is 23.9 Å². The fourth-order valence-electron chi connectivity index (χ4n) is 1.27. The van der Waals surface area contributed by atoms with Gasteiger partial charge in [0, 0.05) is 5.39 Å². The molecule has 0 aliphatic heterocycles. The van der Waals surface area contributed by atoms with Crippen LogP contribution in [-0.4, -0.2) is 8.42 Å². The molecule has 0 spiro atoms. The number of hydrogen-bond acceptors (Lipinski definition) is 4. The molecule has 0 radical (unpaired) electrons. The predicted molar refractivity (Wildman–Crippen MR) is 58.7 cm³/mol. The molecule has 16 heavy (non-hydrogen) atoms. The molecule has 0 aliphatic carbocycles. The van der Waals surface area contributed by atoms with Gasteiger partial charge in [-0.2, -0.15) is 0 Å². The lowest BCUT2D eigenvalue weighted by atomic mass is 10.2. The zero-order valence-corrected chi connectivity index (χ0v) is 9.38. The molecule has 0 fully saturated rings. The maximum absolute atomic E-state index is 11.4. The summed E-state index contributed by atoms with van der Waals surface area (Å²) in [4.78, 5) is 10.9.